The molecule has 1 aromatic carbocycles. The molecule has 5 nitrogen and oxygen atoms in total. The minimum atomic E-state index is -0.284. The van der Waals surface area contributed by atoms with Crippen LogP contribution in [0, 0.1) is 23.7 Å². The molecule has 3 aliphatic rings. The summed E-state index contributed by atoms with van der Waals surface area (Å²) < 4.78 is 5.17. The molecule has 4 atom stereocenters. The van der Waals surface area contributed by atoms with Gasteiger partial charge in [0.1, 0.15) is 5.75 Å². The van der Waals surface area contributed by atoms with Crippen molar-refractivity contribution in [3.8, 4) is 5.75 Å². The summed E-state index contributed by atoms with van der Waals surface area (Å²) in [5.74, 6) is 3.22. The Kier molecular flexibility index (Phi) is 3.51. The predicted octanol–water partition coefficient (Wildman–Crippen LogP) is 1.59. The average Bonchev–Trinajstić information content (AvgIpc) is 2.95. The number of amides is 2. The third-order valence-electron chi connectivity index (χ3n) is 5.82. The highest BCUT2D eigenvalue weighted by Crippen LogP contribution is 2.65. The molecule has 0 unspecified atom stereocenters. The summed E-state index contributed by atoms with van der Waals surface area (Å²) in [4.78, 5) is 24.3. The van der Waals surface area contributed by atoms with Crippen molar-refractivity contribution in [2.24, 2.45) is 23.7 Å². The number of ether oxygens (including phenoxy) is 1. The van der Waals surface area contributed by atoms with E-state index in [9.17, 15) is 9.59 Å². The van der Waals surface area contributed by atoms with Crippen LogP contribution in [-0.4, -0.2) is 31.5 Å². The van der Waals surface area contributed by atoms with Gasteiger partial charge in [-0.05, 0) is 55.1 Å². The summed E-state index contributed by atoms with van der Waals surface area (Å²) in [7, 11) is 1.53. The van der Waals surface area contributed by atoms with Crippen LogP contribution in [0.5, 0.6) is 5.75 Å². The zero-order valence-electron chi connectivity index (χ0n) is 13.2. The number of carbonyl (C=O) groups is 2. The summed E-state index contributed by atoms with van der Waals surface area (Å²) >= 11 is 0. The van der Waals surface area contributed by atoms with Crippen LogP contribution in [0.25, 0.3) is 0 Å². The fourth-order valence-electron chi connectivity index (χ4n) is 4.84. The number of para-hydroxylation sites is 1. The van der Waals surface area contributed by atoms with E-state index < -0.39 is 0 Å². The number of carbonyl (C=O) groups excluding carboxylic acids is 2. The molecule has 2 amide bonds. The van der Waals surface area contributed by atoms with Gasteiger partial charge in [-0.1, -0.05) is 12.1 Å². The SMILES string of the molecule is COc1ccccc1C(=O)NCC(=O)NC1[C@@H]2[C@H]3CC[C@@H](C3)[C@@H]12. The largest absolute Gasteiger partial charge is 0.496 e. The molecular formula is C18H22N2O3. The van der Waals surface area contributed by atoms with Gasteiger partial charge in [0, 0.05) is 6.04 Å². The van der Waals surface area contributed by atoms with Gasteiger partial charge in [0.15, 0.2) is 0 Å². The molecule has 4 rings (SSSR count). The minimum absolute atomic E-state index is 0.0160. The average molecular weight is 314 g/mol. The second-order valence-corrected chi connectivity index (χ2v) is 6.96. The summed E-state index contributed by atoms with van der Waals surface area (Å²) in [6.07, 6.45) is 4.04. The molecule has 0 heterocycles. The van der Waals surface area contributed by atoms with Crippen molar-refractivity contribution in [3.63, 3.8) is 0 Å². The molecule has 3 fully saturated rings. The van der Waals surface area contributed by atoms with E-state index in [1.807, 2.05) is 6.07 Å². The Hall–Kier alpha value is -2.04. The summed E-state index contributed by atoms with van der Waals surface area (Å²) in [5.41, 5.74) is 0.448. The van der Waals surface area contributed by atoms with Crippen LogP contribution in [0.4, 0.5) is 0 Å². The van der Waals surface area contributed by atoms with Crippen LogP contribution in [0.2, 0.25) is 0 Å². The van der Waals surface area contributed by atoms with E-state index in [1.54, 1.807) is 18.2 Å². The lowest BCUT2D eigenvalue weighted by Crippen LogP contribution is -2.39. The minimum Gasteiger partial charge on any atom is -0.496 e. The molecule has 1 aromatic rings. The number of benzene rings is 1. The molecule has 0 radical (unpaired) electrons. The van der Waals surface area contributed by atoms with E-state index in [2.05, 4.69) is 10.6 Å². The van der Waals surface area contributed by atoms with Crippen molar-refractivity contribution < 1.29 is 14.3 Å². The van der Waals surface area contributed by atoms with Gasteiger partial charge in [-0.25, -0.2) is 0 Å². The van der Waals surface area contributed by atoms with Gasteiger partial charge in [0.25, 0.3) is 5.91 Å². The molecule has 0 saturated heterocycles. The Morgan fingerprint density at radius 2 is 1.87 bits per heavy atom. The van der Waals surface area contributed by atoms with E-state index in [1.165, 1.54) is 26.4 Å². The molecular weight excluding hydrogens is 292 g/mol. The number of hydrogen-bond acceptors (Lipinski definition) is 3. The molecule has 23 heavy (non-hydrogen) atoms. The smallest absolute Gasteiger partial charge is 0.255 e. The highest BCUT2D eigenvalue weighted by Gasteiger charge is 2.65. The number of nitrogens with one attached hydrogen (secondary N) is 2. The fraction of sp³-hybridized carbons (Fsp3) is 0.556. The van der Waals surface area contributed by atoms with Gasteiger partial charge in [-0.2, -0.15) is 0 Å². The van der Waals surface area contributed by atoms with Crippen LogP contribution >= 0.6 is 0 Å². The molecule has 122 valence electrons. The topological polar surface area (TPSA) is 67.4 Å². The van der Waals surface area contributed by atoms with E-state index in [0.29, 0.717) is 29.2 Å². The predicted molar refractivity (Wildman–Crippen MR) is 85.1 cm³/mol. The zero-order chi connectivity index (χ0) is 16.0. The number of hydrogen-bond donors (Lipinski definition) is 2. The standard InChI is InChI=1S/C18H22N2O3/c1-23-13-5-3-2-4-12(13)18(22)19-9-14(21)20-17-15-10-6-7-11(8-10)16(15)17/h2-5,10-11,15-17H,6-9H2,1H3,(H,19,22)(H,20,21)/t10-,11-,15+,16+/m0/s1. The van der Waals surface area contributed by atoms with Crippen LogP contribution in [0.1, 0.15) is 29.6 Å². The first-order valence-electron chi connectivity index (χ1n) is 8.39. The first-order chi connectivity index (χ1) is 11.2. The second kappa shape index (κ2) is 5.55. The fourth-order valence-corrected chi connectivity index (χ4v) is 4.84. The maximum Gasteiger partial charge on any atom is 0.255 e. The van der Waals surface area contributed by atoms with Gasteiger partial charge in [-0.3, -0.25) is 9.59 Å². The van der Waals surface area contributed by atoms with Crippen molar-refractivity contribution in [2.75, 3.05) is 13.7 Å². The van der Waals surface area contributed by atoms with Gasteiger partial charge in [-0.15, -0.1) is 0 Å². The van der Waals surface area contributed by atoms with Gasteiger partial charge in [0.2, 0.25) is 5.91 Å². The zero-order valence-corrected chi connectivity index (χ0v) is 13.2. The molecule has 0 aliphatic heterocycles. The number of rotatable bonds is 5. The Morgan fingerprint density at radius 3 is 2.57 bits per heavy atom. The van der Waals surface area contributed by atoms with E-state index in [-0.39, 0.29) is 18.4 Å². The first kappa shape index (κ1) is 14.5. The summed E-state index contributed by atoms with van der Waals surface area (Å²) in [6, 6.07) is 7.36. The molecule has 0 aromatic heterocycles. The summed E-state index contributed by atoms with van der Waals surface area (Å²) in [6.45, 7) is 0.0160. The van der Waals surface area contributed by atoms with Crippen LogP contribution in [0.15, 0.2) is 24.3 Å². The van der Waals surface area contributed by atoms with Crippen molar-refractivity contribution in [1.29, 1.82) is 0 Å². The molecule has 3 saturated carbocycles. The highest BCUT2D eigenvalue weighted by molar-refractivity contribution is 5.98. The van der Waals surface area contributed by atoms with E-state index >= 15 is 0 Å². The third kappa shape index (κ3) is 2.48. The number of methoxy groups -OCH3 is 1. The molecule has 5 heteroatoms. The van der Waals surface area contributed by atoms with E-state index in [0.717, 1.165) is 11.8 Å². The van der Waals surface area contributed by atoms with Crippen molar-refractivity contribution in [2.45, 2.75) is 25.3 Å². The van der Waals surface area contributed by atoms with Gasteiger partial charge >= 0.3 is 0 Å². The Labute approximate surface area is 135 Å². The first-order valence-corrected chi connectivity index (χ1v) is 8.39. The normalized spacial score (nSPS) is 33.0. The molecule has 2 bridgehead atoms. The lowest BCUT2D eigenvalue weighted by molar-refractivity contribution is -0.120. The Balaban J connectivity index is 1.28. The summed E-state index contributed by atoms with van der Waals surface area (Å²) in [5, 5.41) is 5.79. The molecule has 3 aliphatic carbocycles. The van der Waals surface area contributed by atoms with Crippen molar-refractivity contribution in [3.05, 3.63) is 29.8 Å². The maximum absolute atomic E-state index is 12.2. The monoisotopic (exact) mass is 314 g/mol. The Bertz CT molecular complexity index is 629. The van der Waals surface area contributed by atoms with Crippen LogP contribution in [-0.2, 0) is 4.79 Å². The van der Waals surface area contributed by atoms with Crippen LogP contribution in [0.3, 0.4) is 0 Å². The lowest BCUT2D eigenvalue weighted by atomic mass is 10.0. The van der Waals surface area contributed by atoms with Gasteiger partial charge in [0.05, 0.1) is 19.2 Å². The quantitative estimate of drug-likeness (QED) is 0.867. The van der Waals surface area contributed by atoms with Crippen molar-refractivity contribution in [1.82, 2.24) is 10.6 Å². The Morgan fingerprint density at radius 1 is 1.17 bits per heavy atom. The second-order valence-electron chi connectivity index (χ2n) is 6.96. The van der Waals surface area contributed by atoms with Gasteiger partial charge < -0.3 is 15.4 Å². The van der Waals surface area contributed by atoms with Crippen LogP contribution < -0.4 is 15.4 Å². The lowest BCUT2D eigenvalue weighted by Gasteiger charge is -2.12. The number of fused-ring (bicyclic) bond motifs is 5. The third-order valence-corrected chi connectivity index (χ3v) is 5.82. The van der Waals surface area contributed by atoms with Crippen molar-refractivity contribution >= 4 is 11.8 Å². The maximum atomic E-state index is 12.2. The van der Waals surface area contributed by atoms with E-state index in [4.69, 9.17) is 4.74 Å². The highest BCUT2D eigenvalue weighted by atomic mass is 16.5. The molecule has 2 N–H and O–H groups in total. The molecule has 0 spiro atoms.